The van der Waals surface area contributed by atoms with Gasteiger partial charge in [0, 0.05) is 43.8 Å². The zero-order chi connectivity index (χ0) is 21.3. The van der Waals surface area contributed by atoms with E-state index in [4.69, 9.17) is 9.72 Å². The van der Waals surface area contributed by atoms with E-state index >= 15 is 0 Å². The van der Waals surface area contributed by atoms with Gasteiger partial charge < -0.3 is 14.5 Å². The van der Waals surface area contributed by atoms with E-state index in [-0.39, 0.29) is 11.9 Å². The molecule has 7 nitrogen and oxygen atoms in total. The van der Waals surface area contributed by atoms with Crippen LogP contribution in [0.2, 0.25) is 0 Å². The Labute approximate surface area is 175 Å². The van der Waals surface area contributed by atoms with E-state index in [1.54, 1.807) is 18.3 Å². The summed E-state index contributed by atoms with van der Waals surface area (Å²) in [4.78, 5) is 22.4. The third-order valence-corrected chi connectivity index (χ3v) is 4.99. The molecule has 1 aliphatic heterocycles. The molecule has 1 aliphatic rings. The summed E-state index contributed by atoms with van der Waals surface area (Å²) in [6, 6.07) is 8.32. The van der Waals surface area contributed by atoms with Gasteiger partial charge in [-0.1, -0.05) is 12.1 Å². The van der Waals surface area contributed by atoms with Crippen LogP contribution in [0.25, 0.3) is 11.1 Å². The molecule has 0 radical (unpaired) electrons. The predicted octanol–water partition coefficient (Wildman–Crippen LogP) is 3.33. The van der Waals surface area contributed by atoms with Gasteiger partial charge in [-0.3, -0.25) is 0 Å². The lowest BCUT2D eigenvalue weighted by molar-refractivity contribution is 0.0368. The van der Waals surface area contributed by atoms with Gasteiger partial charge in [0.05, 0.1) is 18.8 Å². The van der Waals surface area contributed by atoms with Gasteiger partial charge >= 0.3 is 0 Å². The fourth-order valence-electron chi connectivity index (χ4n) is 3.54. The Morgan fingerprint density at radius 3 is 2.43 bits per heavy atom. The first-order chi connectivity index (χ1) is 14.4. The molecule has 2 aromatic heterocycles. The molecule has 1 fully saturated rings. The predicted molar refractivity (Wildman–Crippen MR) is 114 cm³/mol. The van der Waals surface area contributed by atoms with Gasteiger partial charge in [-0.15, -0.1) is 0 Å². The minimum atomic E-state index is -0.287. The highest BCUT2D eigenvalue weighted by Crippen LogP contribution is 2.32. The lowest BCUT2D eigenvalue weighted by Gasteiger charge is -2.33. The third-order valence-electron chi connectivity index (χ3n) is 4.99. The van der Waals surface area contributed by atoms with Gasteiger partial charge in [-0.2, -0.15) is 0 Å². The van der Waals surface area contributed by atoms with Crippen LogP contribution < -0.4 is 9.80 Å². The molecular weight excluding hydrogens is 383 g/mol. The maximum Gasteiger partial charge on any atom is 0.225 e. The summed E-state index contributed by atoms with van der Waals surface area (Å²) >= 11 is 0. The van der Waals surface area contributed by atoms with Crippen molar-refractivity contribution in [3.63, 3.8) is 0 Å². The number of rotatable bonds is 4. The molecule has 4 rings (SSSR count). The van der Waals surface area contributed by atoms with Crippen LogP contribution in [-0.2, 0) is 4.74 Å². The Morgan fingerprint density at radius 1 is 1.07 bits per heavy atom. The average Bonchev–Trinajstić information content (AvgIpc) is 2.73. The first-order valence-corrected chi connectivity index (χ1v) is 9.90. The largest absolute Gasteiger partial charge is 0.368 e. The van der Waals surface area contributed by atoms with Crippen LogP contribution in [0.1, 0.15) is 23.2 Å². The molecule has 8 heteroatoms. The molecule has 3 heterocycles. The highest BCUT2D eigenvalue weighted by atomic mass is 19.1. The monoisotopic (exact) mass is 408 g/mol. The summed E-state index contributed by atoms with van der Waals surface area (Å²) < 4.78 is 19.6. The maximum atomic E-state index is 13.4. The Bertz CT molecular complexity index is 1020. The molecule has 156 valence electrons. The maximum absolute atomic E-state index is 13.4. The quantitative estimate of drug-likeness (QED) is 0.656. The van der Waals surface area contributed by atoms with Crippen molar-refractivity contribution in [3.05, 3.63) is 59.4 Å². The van der Waals surface area contributed by atoms with Crippen molar-refractivity contribution in [1.29, 1.82) is 0 Å². The van der Waals surface area contributed by atoms with Crippen LogP contribution in [0.5, 0.6) is 0 Å². The van der Waals surface area contributed by atoms with Gasteiger partial charge in [0.25, 0.3) is 0 Å². The molecule has 1 aromatic carbocycles. The lowest BCUT2D eigenvalue weighted by atomic mass is 10.0. The Morgan fingerprint density at radius 2 is 1.77 bits per heavy atom. The second-order valence-electron chi connectivity index (χ2n) is 7.63. The first kappa shape index (κ1) is 20.2. The SMILES string of the molecule is Cc1cc(C)nc(N2CCOC(c3nc(N(C)C)ncc3-c3ccc(F)cc3)C2)n1. The van der Waals surface area contributed by atoms with Crippen LogP contribution in [0.15, 0.2) is 36.5 Å². The van der Waals surface area contributed by atoms with E-state index in [1.165, 1.54) is 12.1 Å². The Kier molecular flexibility index (Phi) is 5.59. The van der Waals surface area contributed by atoms with E-state index in [0.29, 0.717) is 31.6 Å². The topological polar surface area (TPSA) is 67.3 Å². The Hall–Kier alpha value is -3.13. The molecule has 0 bridgehead atoms. The molecule has 1 saturated heterocycles. The standard InChI is InChI=1S/C22H25FN6O/c1-14-11-15(2)26-22(25-14)29-9-10-30-19(13-29)20-18(12-24-21(27-20)28(3)4)16-5-7-17(23)8-6-16/h5-8,11-12,19H,9-10,13H2,1-4H3. The highest BCUT2D eigenvalue weighted by molar-refractivity contribution is 5.66. The van der Waals surface area contributed by atoms with Gasteiger partial charge in [-0.25, -0.2) is 24.3 Å². The number of benzene rings is 1. The average molecular weight is 408 g/mol. The van der Waals surface area contributed by atoms with Crippen molar-refractivity contribution in [2.24, 2.45) is 0 Å². The minimum absolute atomic E-state index is 0.279. The number of hydrogen-bond acceptors (Lipinski definition) is 7. The van der Waals surface area contributed by atoms with Crippen molar-refractivity contribution < 1.29 is 9.13 Å². The molecule has 3 aromatic rings. The number of nitrogens with zero attached hydrogens (tertiary/aromatic N) is 6. The van der Waals surface area contributed by atoms with E-state index in [2.05, 4.69) is 19.9 Å². The summed E-state index contributed by atoms with van der Waals surface area (Å²) in [6.45, 7) is 5.75. The molecule has 0 N–H and O–H groups in total. The van der Waals surface area contributed by atoms with Gasteiger partial charge in [0.2, 0.25) is 11.9 Å². The zero-order valence-electron chi connectivity index (χ0n) is 17.6. The van der Waals surface area contributed by atoms with Crippen molar-refractivity contribution in [2.75, 3.05) is 43.6 Å². The number of ether oxygens (including phenoxy) is 1. The summed E-state index contributed by atoms with van der Waals surface area (Å²) in [5.41, 5.74) is 4.32. The normalized spacial score (nSPS) is 16.6. The second kappa shape index (κ2) is 8.31. The number of morpholine rings is 1. The first-order valence-electron chi connectivity index (χ1n) is 9.90. The highest BCUT2D eigenvalue weighted by Gasteiger charge is 2.28. The lowest BCUT2D eigenvalue weighted by Crippen LogP contribution is -2.40. The van der Waals surface area contributed by atoms with Gasteiger partial charge in [0.15, 0.2) is 0 Å². The fourth-order valence-corrected chi connectivity index (χ4v) is 3.54. The molecule has 1 unspecified atom stereocenters. The summed E-state index contributed by atoms with van der Waals surface area (Å²) in [6.07, 6.45) is 1.49. The van der Waals surface area contributed by atoms with Crippen LogP contribution in [0.4, 0.5) is 16.3 Å². The molecule has 1 atom stereocenters. The van der Waals surface area contributed by atoms with Crippen LogP contribution in [0.3, 0.4) is 0 Å². The minimum Gasteiger partial charge on any atom is -0.368 e. The van der Waals surface area contributed by atoms with Crippen molar-refractivity contribution in [2.45, 2.75) is 20.0 Å². The summed E-state index contributed by atoms with van der Waals surface area (Å²) in [5, 5.41) is 0. The van der Waals surface area contributed by atoms with Crippen molar-refractivity contribution >= 4 is 11.9 Å². The number of aromatic nitrogens is 4. The zero-order valence-corrected chi connectivity index (χ0v) is 17.6. The summed E-state index contributed by atoms with van der Waals surface area (Å²) in [7, 11) is 3.79. The third kappa shape index (κ3) is 4.23. The molecule has 0 amide bonds. The van der Waals surface area contributed by atoms with E-state index in [9.17, 15) is 4.39 Å². The van der Waals surface area contributed by atoms with Gasteiger partial charge in [-0.05, 0) is 37.6 Å². The number of aryl methyl sites for hydroxylation is 2. The number of anilines is 2. The Balaban J connectivity index is 1.72. The van der Waals surface area contributed by atoms with Crippen molar-refractivity contribution in [3.8, 4) is 11.1 Å². The van der Waals surface area contributed by atoms with Crippen LogP contribution in [0, 0.1) is 19.7 Å². The number of halogens is 1. The molecule has 0 aliphatic carbocycles. The summed E-state index contributed by atoms with van der Waals surface area (Å²) in [5.74, 6) is 1.02. The smallest absolute Gasteiger partial charge is 0.225 e. The molecule has 30 heavy (non-hydrogen) atoms. The van der Waals surface area contributed by atoms with E-state index < -0.39 is 0 Å². The van der Waals surface area contributed by atoms with Crippen LogP contribution in [-0.4, -0.2) is 53.7 Å². The molecule has 0 spiro atoms. The fraction of sp³-hybridized carbons (Fsp3) is 0.364. The molecule has 0 saturated carbocycles. The van der Waals surface area contributed by atoms with E-state index in [0.717, 1.165) is 28.2 Å². The van der Waals surface area contributed by atoms with Crippen LogP contribution >= 0.6 is 0 Å². The van der Waals surface area contributed by atoms with Crippen molar-refractivity contribution in [1.82, 2.24) is 19.9 Å². The number of hydrogen-bond donors (Lipinski definition) is 0. The second-order valence-corrected chi connectivity index (χ2v) is 7.63. The van der Waals surface area contributed by atoms with Gasteiger partial charge in [0.1, 0.15) is 11.9 Å². The molecular formula is C22H25FN6O. The van der Waals surface area contributed by atoms with E-state index in [1.807, 2.05) is 38.9 Å².